The molecule has 1 aromatic carbocycles. The van der Waals surface area contributed by atoms with Crippen molar-refractivity contribution in [2.45, 2.75) is 43.7 Å². The van der Waals surface area contributed by atoms with Gasteiger partial charge in [-0.15, -0.1) is 0 Å². The van der Waals surface area contributed by atoms with Crippen LogP contribution < -0.4 is 10.9 Å². The molecule has 1 aromatic rings. The quantitative estimate of drug-likeness (QED) is 0.718. The lowest BCUT2D eigenvalue weighted by molar-refractivity contribution is -0.134. The Morgan fingerprint density at radius 1 is 1.14 bits per heavy atom. The second-order valence-corrected chi connectivity index (χ2v) is 8.44. The summed E-state index contributed by atoms with van der Waals surface area (Å²) >= 11 is 0. The first-order valence-electron chi connectivity index (χ1n) is 10.5. The van der Waals surface area contributed by atoms with Crippen molar-refractivity contribution in [1.82, 2.24) is 20.7 Å². The van der Waals surface area contributed by atoms with Crippen LogP contribution >= 0.6 is 0 Å². The topological polar surface area (TPSA) is 67.8 Å². The molecule has 1 amide bonds. The number of halogens is 1. The number of amides is 1. The van der Waals surface area contributed by atoms with Crippen LogP contribution in [-0.2, 0) is 4.79 Å². The summed E-state index contributed by atoms with van der Waals surface area (Å²) in [6.07, 6.45) is 3.25. The second-order valence-electron chi connectivity index (χ2n) is 8.44. The zero-order valence-corrected chi connectivity index (χ0v) is 16.3. The summed E-state index contributed by atoms with van der Waals surface area (Å²) in [5.41, 5.74) is 7.69. The highest BCUT2D eigenvalue weighted by Crippen LogP contribution is 2.32. The van der Waals surface area contributed by atoms with E-state index in [1.807, 2.05) is 11.0 Å². The molecular weight excluding hydrogens is 359 g/mol. The maximum absolute atomic E-state index is 13.6. The molecule has 7 heteroatoms. The Morgan fingerprint density at radius 2 is 1.89 bits per heavy atom. The molecule has 3 N–H and O–H groups in total. The highest BCUT2D eigenvalue weighted by molar-refractivity contribution is 5.78. The van der Waals surface area contributed by atoms with Gasteiger partial charge in [-0.3, -0.25) is 20.5 Å². The van der Waals surface area contributed by atoms with Crippen LogP contribution in [0.4, 0.5) is 4.39 Å². The average molecular weight is 391 g/mol. The van der Waals surface area contributed by atoms with Crippen LogP contribution in [0, 0.1) is 11.7 Å². The Morgan fingerprint density at radius 3 is 2.61 bits per heavy atom. The molecule has 0 bridgehead atoms. The fourth-order valence-corrected chi connectivity index (χ4v) is 4.90. The van der Waals surface area contributed by atoms with Crippen molar-refractivity contribution < 1.29 is 14.3 Å². The highest BCUT2D eigenvalue weighted by atomic mass is 19.1. The molecule has 3 fully saturated rings. The van der Waals surface area contributed by atoms with Gasteiger partial charge in [0.2, 0.25) is 5.91 Å². The molecule has 0 radical (unpaired) electrons. The molecule has 2 unspecified atom stereocenters. The van der Waals surface area contributed by atoms with Gasteiger partial charge in [0.15, 0.2) is 0 Å². The van der Waals surface area contributed by atoms with E-state index in [-0.39, 0.29) is 29.8 Å². The Labute approximate surface area is 166 Å². The molecule has 28 heavy (non-hydrogen) atoms. The Bertz CT molecular complexity index is 672. The number of aliphatic hydroxyl groups is 1. The Balaban J connectivity index is 1.29. The number of likely N-dealkylation sites (tertiary alicyclic amines) is 2. The van der Waals surface area contributed by atoms with E-state index >= 15 is 0 Å². The van der Waals surface area contributed by atoms with E-state index in [0.717, 1.165) is 64.0 Å². The van der Waals surface area contributed by atoms with Gasteiger partial charge in [0.25, 0.3) is 0 Å². The van der Waals surface area contributed by atoms with Crippen LogP contribution in [0.5, 0.6) is 0 Å². The number of piperidine rings is 2. The monoisotopic (exact) mass is 390 g/mol. The number of aliphatic hydroxyl groups excluding tert-OH is 1. The molecule has 3 aliphatic rings. The fourth-order valence-electron chi connectivity index (χ4n) is 4.90. The highest BCUT2D eigenvalue weighted by Gasteiger charge is 2.37. The van der Waals surface area contributed by atoms with Crippen molar-refractivity contribution in [3.05, 3.63) is 35.6 Å². The van der Waals surface area contributed by atoms with Crippen molar-refractivity contribution >= 4 is 5.91 Å². The first kappa shape index (κ1) is 19.8. The normalized spacial score (nSPS) is 28.0. The first-order chi connectivity index (χ1) is 13.6. The molecule has 0 aliphatic carbocycles. The van der Waals surface area contributed by atoms with E-state index in [4.69, 9.17) is 0 Å². The molecule has 3 saturated heterocycles. The Kier molecular flexibility index (Phi) is 6.25. The van der Waals surface area contributed by atoms with Crippen molar-refractivity contribution in [2.75, 3.05) is 39.3 Å². The number of hydrogen-bond acceptors (Lipinski definition) is 5. The van der Waals surface area contributed by atoms with Crippen LogP contribution in [0.15, 0.2) is 24.3 Å². The van der Waals surface area contributed by atoms with Gasteiger partial charge in [-0.2, -0.15) is 0 Å². The van der Waals surface area contributed by atoms with Crippen LogP contribution in [0.3, 0.4) is 0 Å². The van der Waals surface area contributed by atoms with Gasteiger partial charge < -0.3 is 10.0 Å². The minimum Gasteiger partial charge on any atom is -0.393 e. The maximum atomic E-state index is 13.6. The van der Waals surface area contributed by atoms with Crippen LogP contribution in [0.25, 0.3) is 0 Å². The van der Waals surface area contributed by atoms with E-state index in [1.165, 1.54) is 6.07 Å². The summed E-state index contributed by atoms with van der Waals surface area (Å²) in [6, 6.07) is 7.18. The number of hydrogen-bond donors (Lipinski definition) is 3. The van der Waals surface area contributed by atoms with Crippen LogP contribution in [0.1, 0.15) is 37.2 Å². The summed E-state index contributed by atoms with van der Waals surface area (Å²) in [4.78, 5) is 16.8. The Hall–Kier alpha value is -1.54. The van der Waals surface area contributed by atoms with Gasteiger partial charge in [0, 0.05) is 44.7 Å². The largest absolute Gasteiger partial charge is 0.393 e. The van der Waals surface area contributed by atoms with E-state index in [2.05, 4.69) is 15.8 Å². The number of nitrogens with one attached hydrogen (secondary N) is 2. The van der Waals surface area contributed by atoms with Crippen LogP contribution in [0.2, 0.25) is 0 Å². The molecule has 3 aliphatic heterocycles. The SMILES string of the molecule is O=C(CN1CCC(O)CC1)N1CCC(C2NNCC2c2cccc(F)c2)CC1. The lowest BCUT2D eigenvalue weighted by atomic mass is 9.80. The third-order valence-corrected chi connectivity index (χ3v) is 6.62. The van der Waals surface area contributed by atoms with Gasteiger partial charge in [-0.05, 0) is 49.3 Å². The van der Waals surface area contributed by atoms with Crippen molar-refractivity contribution in [3.8, 4) is 0 Å². The van der Waals surface area contributed by atoms with Crippen molar-refractivity contribution in [2.24, 2.45) is 5.92 Å². The second kappa shape index (κ2) is 8.86. The summed E-state index contributed by atoms with van der Waals surface area (Å²) < 4.78 is 13.6. The van der Waals surface area contributed by atoms with E-state index in [0.29, 0.717) is 12.5 Å². The van der Waals surface area contributed by atoms with Crippen LogP contribution in [-0.4, -0.2) is 72.2 Å². The number of hydrazine groups is 1. The van der Waals surface area contributed by atoms with E-state index < -0.39 is 0 Å². The number of nitrogens with zero attached hydrogens (tertiary/aromatic N) is 2. The lowest BCUT2D eigenvalue weighted by Gasteiger charge is -2.38. The maximum Gasteiger partial charge on any atom is 0.236 e. The molecular formula is C21H31FN4O2. The first-order valence-corrected chi connectivity index (χ1v) is 10.5. The molecule has 6 nitrogen and oxygen atoms in total. The number of carbonyl (C=O) groups is 1. The smallest absolute Gasteiger partial charge is 0.236 e. The van der Waals surface area contributed by atoms with Crippen molar-refractivity contribution in [3.63, 3.8) is 0 Å². The summed E-state index contributed by atoms with van der Waals surface area (Å²) in [5, 5.41) is 9.61. The molecule has 0 saturated carbocycles. The summed E-state index contributed by atoms with van der Waals surface area (Å²) in [5.74, 6) is 0.739. The van der Waals surface area contributed by atoms with Gasteiger partial charge in [-0.1, -0.05) is 12.1 Å². The lowest BCUT2D eigenvalue weighted by Crippen LogP contribution is -2.49. The average Bonchev–Trinajstić information content (AvgIpc) is 3.20. The zero-order chi connectivity index (χ0) is 19.5. The molecule has 3 heterocycles. The molecule has 4 rings (SSSR count). The van der Waals surface area contributed by atoms with E-state index in [1.54, 1.807) is 12.1 Å². The number of carbonyl (C=O) groups excluding carboxylic acids is 1. The van der Waals surface area contributed by atoms with Gasteiger partial charge in [0.1, 0.15) is 5.82 Å². The third-order valence-electron chi connectivity index (χ3n) is 6.62. The number of benzene rings is 1. The predicted octanol–water partition coefficient (Wildman–Crippen LogP) is 1.08. The van der Waals surface area contributed by atoms with Crippen molar-refractivity contribution in [1.29, 1.82) is 0 Å². The minimum atomic E-state index is -0.208. The summed E-state index contributed by atoms with van der Waals surface area (Å²) in [7, 11) is 0. The molecule has 2 atom stereocenters. The fraction of sp³-hybridized carbons (Fsp3) is 0.667. The predicted molar refractivity (Wildman–Crippen MR) is 105 cm³/mol. The molecule has 0 aromatic heterocycles. The number of rotatable bonds is 4. The minimum absolute atomic E-state index is 0.186. The zero-order valence-electron chi connectivity index (χ0n) is 16.3. The van der Waals surface area contributed by atoms with Gasteiger partial charge in [0.05, 0.1) is 12.6 Å². The standard InChI is InChI=1S/C21H31FN4O2/c22-17-3-1-2-16(12-17)19-13-23-24-21(19)15-4-10-26(11-5-15)20(28)14-25-8-6-18(27)7-9-25/h1-3,12,15,18-19,21,23-24,27H,4-11,13-14H2. The third kappa shape index (κ3) is 4.54. The molecule has 154 valence electrons. The van der Waals surface area contributed by atoms with Gasteiger partial charge in [-0.25, -0.2) is 4.39 Å². The molecule has 0 spiro atoms. The van der Waals surface area contributed by atoms with Gasteiger partial charge >= 0.3 is 0 Å². The van der Waals surface area contributed by atoms with E-state index in [9.17, 15) is 14.3 Å². The summed E-state index contributed by atoms with van der Waals surface area (Å²) in [6.45, 7) is 4.44.